The smallest absolute Gasteiger partial charge is 0.122 e. The summed E-state index contributed by atoms with van der Waals surface area (Å²) < 4.78 is 2.25. The lowest BCUT2D eigenvalue weighted by molar-refractivity contribution is 0.194. The van der Waals surface area contributed by atoms with Gasteiger partial charge in [-0.25, -0.2) is 4.98 Å². The number of hydrogen-bond acceptors (Lipinski definition) is 3. The van der Waals surface area contributed by atoms with Crippen molar-refractivity contribution in [2.75, 3.05) is 13.1 Å². The highest BCUT2D eigenvalue weighted by Crippen LogP contribution is 2.30. The van der Waals surface area contributed by atoms with E-state index in [2.05, 4.69) is 20.6 Å². The van der Waals surface area contributed by atoms with Crippen molar-refractivity contribution in [3.63, 3.8) is 0 Å². The standard InChI is InChI=1S/C13H22N4/c14-13(3-1-2-4-13)5-7-16-9-10-17-8-6-15-12(17)11-16/h6,8H,1-5,7,9-11,14H2. The predicted octanol–water partition coefficient (Wildman–Crippen LogP) is 1.36. The second-order valence-corrected chi connectivity index (χ2v) is 5.63. The molecule has 1 saturated carbocycles. The Labute approximate surface area is 103 Å². The lowest BCUT2D eigenvalue weighted by atomic mass is 9.94. The van der Waals surface area contributed by atoms with Crippen molar-refractivity contribution >= 4 is 0 Å². The Morgan fingerprint density at radius 3 is 2.94 bits per heavy atom. The Balaban J connectivity index is 1.54. The van der Waals surface area contributed by atoms with Crippen molar-refractivity contribution in [1.29, 1.82) is 0 Å². The summed E-state index contributed by atoms with van der Waals surface area (Å²) in [5.41, 5.74) is 6.54. The molecule has 3 rings (SSSR count). The predicted molar refractivity (Wildman–Crippen MR) is 67.5 cm³/mol. The second-order valence-electron chi connectivity index (χ2n) is 5.63. The Kier molecular flexibility index (Phi) is 2.92. The van der Waals surface area contributed by atoms with E-state index < -0.39 is 0 Å². The van der Waals surface area contributed by atoms with Gasteiger partial charge in [-0.05, 0) is 19.3 Å². The first kappa shape index (κ1) is 11.2. The first-order chi connectivity index (χ1) is 8.25. The Hall–Kier alpha value is -0.870. The van der Waals surface area contributed by atoms with Crippen LogP contribution in [0.3, 0.4) is 0 Å². The average molecular weight is 234 g/mol. The van der Waals surface area contributed by atoms with Crippen molar-refractivity contribution in [3.8, 4) is 0 Å². The number of hydrogen-bond donors (Lipinski definition) is 1. The quantitative estimate of drug-likeness (QED) is 0.859. The number of fused-ring (bicyclic) bond motifs is 1. The van der Waals surface area contributed by atoms with Gasteiger partial charge in [0.1, 0.15) is 5.82 Å². The van der Waals surface area contributed by atoms with Gasteiger partial charge in [0.15, 0.2) is 0 Å². The van der Waals surface area contributed by atoms with Crippen molar-refractivity contribution in [3.05, 3.63) is 18.2 Å². The molecule has 94 valence electrons. The molecule has 0 spiro atoms. The largest absolute Gasteiger partial charge is 0.333 e. The summed E-state index contributed by atoms with van der Waals surface area (Å²) in [7, 11) is 0. The molecular formula is C13H22N4. The number of rotatable bonds is 3. The summed E-state index contributed by atoms with van der Waals surface area (Å²) in [5.74, 6) is 1.20. The van der Waals surface area contributed by atoms with Crippen molar-refractivity contribution in [2.24, 2.45) is 5.73 Å². The summed E-state index contributed by atoms with van der Waals surface area (Å²) in [6, 6.07) is 0. The highest BCUT2D eigenvalue weighted by molar-refractivity contribution is 4.96. The maximum Gasteiger partial charge on any atom is 0.122 e. The minimum absolute atomic E-state index is 0.132. The molecule has 0 bridgehead atoms. The van der Waals surface area contributed by atoms with Gasteiger partial charge in [0.2, 0.25) is 0 Å². The molecule has 0 saturated heterocycles. The fourth-order valence-corrected chi connectivity index (χ4v) is 3.12. The van der Waals surface area contributed by atoms with E-state index in [0.717, 1.165) is 32.6 Å². The molecule has 0 unspecified atom stereocenters. The summed E-state index contributed by atoms with van der Waals surface area (Å²) in [5, 5.41) is 0. The highest BCUT2D eigenvalue weighted by Gasteiger charge is 2.29. The molecule has 1 aromatic heterocycles. The van der Waals surface area contributed by atoms with E-state index in [9.17, 15) is 0 Å². The maximum atomic E-state index is 6.40. The lowest BCUT2D eigenvalue weighted by Crippen LogP contribution is -2.42. The molecule has 2 aliphatic rings. The van der Waals surface area contributed by atoms with Crippen LogP contribution in [0.25, 0.3) is 0 Å². The van der Waals surface area contributed by atoms with Crippen molar-refractivity contribution < 1.29 is 0 Å². The van der Waals surface area contributed by atoms with Gasteiger partial charge in [-0.15, -0.1) is 0 Å². The number of imidazole rings is 1. The van der Waals surface area contributed by atoms with Crippen LogP contribution in [0.2, 0.25) is 0 Å². The minimum atomic E-state index is 0.132. The summed E-state index contributed by atoms with van der Waals surface area (Å²) in [6.45, 7) is 4.33. The zero-order valence-electron chi connectivity index (χ0n) is 10.4. The summed E-state index contributed by atoms with van der Waals surface area (Å²) >= 11 is 0. The molecule has 4 heteroatoms. The summed E-state index contributed by atoms with van der Waals surface area (Å²) in [6.07, 6.45) is 10.2. The van der Waals surface area contributed by atoms with Gasteiger partial charge in [0.25, 0.3) is 0 Å². The van der Waals surface area contributed by atoms with Gasteiger partial charge < -0.3 is 10.3 Å². The normalized spacial score (nSPS) is 23.8. The van der Waals surface area contributed by atoms with Crippen molar-refractivity contribution in [2.45, 2.75) is 50.7 Å². The molecule has 0 radical (unpaired) electrons. The Morgan fingerprint density at radius 1 is 1.29 bits per heavy atom. The lowest BCUT2D eigenvalue weighted by Gasteiger charge is -2.31. The Morgan fingerprint density at radius 2 is 2.12 bits per heavy atom. The molecule has 1 aliphatic carbocycles. The zero-order valence-corrected chi connectivity index (χ0v) is 10.4. The minimum Gasteiger partial charge on any atom is -0.333 e. The van der Waals surface area contributed by atoms with Crippen LogP contribution >= 0.6 is 0 Å². The first-order valence-corrected chi connectivity index (χ1v) is 6.76. The van der Waals surface area contributed by atoms with E-state index in [1.165, 1.54) is 31.5 Å². The van der Waals surface area contributed by atoms with Crippen LogP contribution in [0.1, 0.15) is 37.9 Å². The van der Waals surface area contributed by atoms with Crippen molar-refractivity contribution in [1.82, 2.24) is 14.5 Å². The van der Waals surface area contributed by atoms with Crippen LogP contribution in [-0.2, 0) is 13.1 Å². The Bertz CT molecular complexity index is 379. The van der Waals surface area contributed by atoms with E-state index in [1.807, 2.05) is 6.20 Å². The van der Waals surface area contributed by atoms with Gasteiger partial charge in [0.05, 0.1) is 6.54 Å². The van der Waals surface area contributed by atoms with Crippen LogP contribution < -0.4 is 5.73 Å². The molecule has 2 N–H and O–H groups in total. The first-order valence-electron chi connectivity index (χ1n) is 6.76. The number of aromatic nitrogens is 2. The third kappa shape index (κ3) is 2.38. The number of nitrogens with zero attached hydrogens (tertiary/aromatic N) is 3. The van der Waals surface area contributed by atoms with Crippen LogP contribution in [-0.4, -0.2) is 33.1 Å². The van der Waals surface area contributed by atoms with Gasteiger partial charge in [-0.1, -0.05) is 12.8 Å². The summed E-state index contributed by atoms with van der Waals surface area (Å²) in [4.78, 5) is 6.89. The fraction of sp³-hybridized carbons (Fsp3) is 0.769. The topological polar surface area (TPSA) is 47.1 Å². The highest BCUT2D eigenvalue weighted by atomic mass is 15.2. The molecule has 1 fully saturated rings. The second kappa shape index (κ2) is 4.42. The van der Waals surface area contributed by atoms with E-state index in [-0.39, 0.29) is 5.54 Å². The van der Waals surface area contributed by atoms with Gasteiger partial charge in [-0.3, -0.25) is 4.90 Å². The molecule has 17 heavy (non-hydrogen) atoms. The number of nitrogens with two attached hydrogens (primary N) is 1. The van der Waals surface area contributed by atoms with E-state index in [4.69, 9.17) is 5.73 Å². The third-order valence-electron chi connectivity index (χ3n) is 4.35. The SMILES string of the molecule is NC1(CCN2CCn3ccnc3C2)CCCC1. The van der Waals surface area contributed by atoms with Crippen LogP contribution in [0.15, 0.2) is 12.4 Å². The molecular weight excluding hydrogens is 212 g/mol. The fourth-order valence-electron chi connectivity index (χ4n) is 3.12. The van der Waals surface area contributed by atoms with Gasteiger partial charge >= 0.3 is 0 Å². The van der Waals surface area contributed by atoms with E-state index >= 15 is 0 Å². The zero-order chi connectivity index (χ0) is 11.7. The molecule has 4 nitrogen and oxygen atoms in total. The van der Waals surface area contributed by atoms with E-state index in [1.54, 1.807) is 0 Å². The molecule has 2 heterocycles. The maximum absolute atomic E-state index is 6.40. The van der Waals surface area contributed by atoms with Gasteiger partial charge in [-0.2, -0.15) is 0 Å². The van der Waals surface area contributed by atoms with Crippen LogP contribution in [0.5, 0.6) is 0 Å². The monoisotopic (exact) mass is 234 g/mol. The molecule has 0 amide bonds. The van der Waals surface area contributed by atoms with Gasteiger partial charge in [0, 0.05) is 37.6 Å². The average Bonchev–Trinajstić information content (AvgIpc) is 2.95. The van der Waals surface area contributed by atoms with E-state index in [0.29, 0.717) is 0 Å². The molecule has 1 aromatic rings. The molecule has 0 atom stereocenters. The molecule has 1 aliphatic heterocycles. The molecule has 0 aromatic carbocycles. The van der Waals surface area contributed by atoms with Crippen LogP contribution in [0, 0.1) is 0 Å². The van der Waals surface area contributed by atoms with Crippen LogP contribution in [0.4, 0.5) is 0 Å². The third-order valence-corrected chi connectivity index (χ3v) is 4.35.